The van der Waals surface area contributed by atoms with Crippen molar-refractivity contribution in [3.05, 3.63) is 64.7 Å². The third kappa shape index (κ3) is 5.77. The van der Waals surface area contributed by atoms with E-state index in [-0.39, 0.29) is 29.8 Å². The van der Waals surface area contributed by atoms with Gasteiger partial charge in [-0.3, -0.25) is 9.59 Å². The zero-order chi connectivity index (χ0) is 24.3. The first-order chi connectivity index (χ1) is 16.2. The second kappa shape index (κ2) is 10.4. The number of hydrogen-bond acceptors (Lipinski definition) is 4. The van der Waals surface area contributed by atoms with Crippen molar-refractivity contribution in [2.75, 3.05) is 18.8 Å². The van der Waals surface area contributed by atoms with Gasteiger partial charge in [-0.25, -0.2) is 8.42 Å². The van der Waals surface area contributed by atoms with Crippen LogP contribution in [0.15, 0.2) is 47.4 Å². The first-order valence-electron chi connectivity index (χ1n) is 12.5. The van der Waals surface area contributed by atoms with Gasteiger partial charge in [-0.05, 0) is 73.3 Å². The molecule has 1 fully saturated rings. The fraction of sp³-hybridized carbons (Fsp3) is 0.500. The minimum absolute atomic E-state index is 0.0185. The first kappa shape index (κ1) is 24.6. The number of rotatable bonds is 8. The number of piperidine rings is 1. The average molecular weight is 482 g/mol. The molecule has 2 aromatic carbocycles. The SMILES string of the molecule is CC(C)Cc1ccc(C(=O)C2CCN(C(=O)CCS(=O)(=O)c3ccc4c(c3)CCC4)CC2)cc1. The van der Waals surface area contributed by atoms with E-state index < -0.39 is 9.84 Å². The first-order valence-corrected chi connectivity index (χ1v) is 14.1. The summed E-state index contributed by atoms with van der Waals surface area (Å²) in [6, 6.07) is 13.3. The molecule has 6 heteroatoms. The molecule has 0 bridgehead atoms. The zero-order valence-electron chi connectivity index (χ0n) is 20.3. The summed E-state index contributed by atoms with van der Waals surface area (Å²) in [5, 5.41) is 0. The van der Waals surface area contributed by atoms with Crippen molar-refractivity contribution in [2.24, 2.45) is 11.8 Å². The quantitative estimate of drug-likeness (QED) is 0.514. The predicted molar refractivity (Wildman–Crippen MR) is 134 cm³/mol. The van der Waals surface area contributed by atoms with E-state index in [1.54, 1.807) is 17.0 Å². The molecule has 0 saturated carbocycles. The summed E-state index contributed by atoms with van der Waals surface area (Å²) >= 11 is 0. The van der Waals surface area contributed by atoms with Crippen LogP contribution in [-0.4, -0.2) is 43.9 Å². The molecular weight excluding hydrogens is 446 g/mol. The topological polar surface area (TPSA) is 71.5 Å². The number of sulfone groups is 1. The summed E-state index contributed by atoms with van der Waals surface area (Å²) in [6.07, 6.45) is 5.22. The van der Waals surface area contributed by atoms with Gasteiger partial charge in [0.15, 0.2) is 15.6 Å². The van der Waals surface area contributed by atoms with Crippen LogP contribution in [0.3, 0.4) is 0 Å². The second-order valence-corrected chi connectivity index (χ2v) is 12.3. The maximum absolute atomic E-state index is 12.9. The van der Waals surface area contributed by atoms with Crippen LogP contribution in [0.4, 0.5) is 0 Å². The molecule has 1 aliphatic carbocycles. The number of amides is 1. The predicted octanol–water partition coefficient (Wildman–Crippen LogP) is 4.66. The van der Waals surface area contributed by atoms with Gasteiger partial charge in [0.05, 0.1) is 10.6 Å². The Bertz CT molecular complexity index is 1140. The number of aryl methyl sites for hydroxylation is 2. The third-order valence-electron chi connectivity index (χ3n) is 7.11. The Morgan fingerprint density at radius 1 is 0.971 bits per heavy atom. The van der Waals surface area contributed by atoms with Gasteiger partial charge in [0.25, 0.3) is 0 Å². The summed E-state index contributed by atoms with van der Waals surface area (Å²) in [5.41, 5.74) is 4.33. The van der Waals surface area contributed by atoms with Gasteiger partial charge in [0.2, 0.25) is 5.91 Å². The molecule has 0 spiro atoms. The molecule has 0 aromatic heterocycles. The highest BCUT2D eigenvalue weighted by atomic mass is 32.2. The molecule has 1 saturated heterocycles. The van der Waals surface area contributed by atoms with Crippen molar-refractivity contribution in [1.82, 2.24) is 4.90 Å². The molecule has 182 valence electrons. The minimum Gasteiger partial charge on any atom is -0.343 e. The fourth-order valence-corrected chi connectivity index (χ4v) is 6.42. The number of fused-ring (bicyclic) bond motifs is 1. The van der Waals surface area contributed by atoms with E-state index in [0.29, 0.717) is 36.7 Å². The lowest BCUT2D eigenvalue weighted by atomic mass is 9.88. The van der Waals surface area contributed by atoms with Gasteiger partial charge in [0.1, 0.15) is 0 Å². The molecule has 2 aliphatic rings. The van der Waals surface area contributed by atoms with Crippen LogP contribution < -0.4 is 0 Å². The van der Waals surface area contributed by atoms with E-state index in [0.717, 1.165) is 36.8 Å². The zero-order valence-corrected chi connectivity index (χ0v) is 21.1. The highest BCUT2D eigenvalue weighted by Gasteiger charge is 2.29. The molecule has 34 heavy (non-hydrogen) atoms. The lowest BCUT2D eigenvalue weighted by Crippen LogP contribution is -2.40. The molecule has 2 aromatic rings. The molecule has 1 heterocycles. The van der Waals surface area contributed by atoms with E-state index in [2.05, 4.69) is 13.8 Å². The van der Waals surface area contributed by atoms with Crippen molar-refractivity contribution in [3.63, 3.8) is 0 Å². The lowest BCUT2D eigenvalue weighted by molar-refractivity contribution is -0.132. The number of likely N-dealkylation sites (tertiary alicyclic amines) is 1. The monoisotopic (exact) mass is 481 g/mol. The average Bonchev–Trinajstić information content (AvgIpc) is 3.30. The summed E-state index contributed by atoms with van der Waals surface area (Å²) in [6.45, 7) is 5.35. The molecule has 0 radical (unpaired) electrons. The number of hydrogen-bond donors (Lipinski definition) is 0. The largest absolute Gasteiger partial charge is 0.343 e. The van der Waals surface area contributed by atoms with Crippen LogP contribution in [-0.2, 0) is 33.9 Å². The van der Waals surface area contributed by atoms with Gasteiger partial charge in [-0.15, -0.1) is 0 Å². The Morgan fingerprint density at radius 3 is 2.32 bits per heavy atom. The molecule has 0 N–H and O–H groups in total. The maximum Gasteiger partial charge on any atom is 0.223 e. The van der Waals surface area contributed by atoms with E-state index >= 15 is 0 Å². The fourth-order valence-electron chi connectivity index (χ4n) is 5.14. The van der Waals surface area contributed by atoms with Crippen LogP contribution in [0.1, 0.15) is 66.6 Å². The van der Waals surface area contributed by atoms with Gasteiger partial charge >= 0.3 is 0 Å². The molecule has 4 rings (SSSR count). The van der Waals surface area contributed by atoms with Crippen LogP contribution in [0.5, 0.6) is 0 Å². The standard InChI is InChI=1S/C28H35NO4S/c1-20(2)18-21-6-8-23(9-7-21)28(31)24-12-15-29(16-13-24)27(30)14-17-34(32,33)26-11-10-22-4-3-5-25(22)19-26/h6-11,19-20,24H,3-5,12-18H2,1-2H3. The van der Waals surface area contributed by atoms with Crippen LogP contribution in [0.25, 0.3) is 0 Å². The maximum atomic E-state index is 12.9. The Hall–Kier alpha value is -2.47. The number of nitrogens with zero attached hydrogens (tertiary/aromatic N) is 1. The summed E-state index contributed by atoms with van der Waals surface area (Å²) < 4.78 is 25.6. The normalized spacial score (nSPS) is 16.6. The van der Waals surface area contributed by atoms with Crippen LogP contribution >= 0.6 is 0 Å². The Kier molecular flexibility index (Phi) is 7.56. The van der Waals surface area contributed by atoms with Gasteiger partial charge in [0, 0.05) is 31.0 Å². The number of carbonyl (C=O) groups is 2. The van der Waals surface area contributed by atoms with Gasteiger partial charge < -0.3 is 4.90 Å². The van der Waals surface area contributed by atoms with Crippen LogP contribution in [0.2, 0.25) is 0 Å². The highest BCUT2D eigenvalue weighted by molar-refractivity contribution is 7.91. The molecular formula is C28H35NO4S. The van der Waals surface area contributed by atoms with Crippen LogP contribution in [0, 0.1) is 11.8 Å². The molecule has 1 aliphatic heterocycles. The van der Waals surface area contributed by atoms with Crippen molar-refractivity contribution < 1.29 is 18.0 Å². The highest BCUT2D eigenvalue weighted by Crippen LogP contribution is 2.26. The van der Waals surface area contributed by atoms with E-state index in [1.165, 1.54) is 11.1 Å². The number of Topliss-reactive ketones (excluding diaryl/α,β-unsaturated/α-hetero) is 1. The van der Waals surface area contributed by atoms with Crippen molar-refractivity contribution in [1.29, 1.82) is 0 Å². The smallest absolute Gasteiger partial charge is 0.223 e. The van der Waals surface area contributed by atoms with Crippen molar-refractivity contribution >= 4 is 21.5 Å². The van der Waals surface area contributed by atoms with Crippen molar-refractivity contribution in [3.8, 4) is 0 Å². The summed E-state index contributed by atoms with van der Waals surface area (Å²) in [4.78, 5) is 27.7. The van der Waals surface area contributed by atoms with Gasteiger partial charge in [-0.1, -0.05) is 44.2 Å². The Balaban J connectivity index is 1.27. The lowest BCUT2D eigenvalue weighted by Gasteiger charge is -2.31. The van der Waals surface area contributed by atoms with E-state index in [9.17, 15) is 18.0 Å². The summed E-state index contributed by atoms with van der Waals surface area (Å²) in [7, 11) is -3.49. The number of carbonyl (C=O) groups excluding carboxylic acids is 2. The van der Waals surface area contributed by atoms with E-state index in [4.69, 9.17) is 0 Å². The third-order valence-corrected chi connectivity index (χ3v) is 8.83. The second-order valence-electron chi connectivity index (χ2n) is 10.2. The van der Waals surface area contributed by atoms with Gasteiger partial charge in [-0.2, -0.15) is 0 Å². The number of ketones is 1. The molecule has 1 amide bonds. The Morgan fingerprint density at radius 2 is 1.65 bits per heavy atom. The molecule has 5 nitrogen and oxygen atoms in total. The minimum atomic E-state index is -3.49. The van der Waals surface area contributed by atoms with E-state index in [1.807, 2.05) is 30.3 Å². The van der Waals surface area contributed by atoms with Crippen molar-refractivity contribution in [2.45, 2.75) is 63.7 Å². The molecule has 0 unspecified atom stereocenters. The number of benzene rings is 2. The summed E-state index contributed by atoms with van der Waals surface area (Å²) in [5.74, 6) is 0.310. The molecule has 0 atom stereocenters. The Labute approximate surface area is 203 Å².